The van der Waals surface area contributed by atoms with Crippen molar-refractivity contribution in [2.24, 2.45) is 11.8 Å². The number of rotatable bonds is 24. The minimum Gasteiger partial charge on any atom is -0.478 e. The number of carbonyl (C=O) groups is 4. The SMILES string of the molecule is CC(C)CCCCCCCCCOC(=O)c1cc(C(=O)O)c(C(=O)O)cc1C(=O)OCCCCCCCCCC(C)C. The van der Waals surface area contributed by atoms with Crippen LogP contribution >= 0.6 is 0 Å². The Bertz CT molecular complexity index is 890. The number of hydrogen-bond donors (Lipinski definition) is 2. The van der Waals surface area contributed by atoms with Crippen molar-refractivity contribution >= 4 is 23.9 Å². The molecule has 0 aromatic heterocycles. The van der Waals surface area contributed by atoms with E-state index in [2.05, 4.69) is 27.7 Å². The highest BCUT2D eigenvalue weighted by molar-refractivity contribution is 6.09. The van der Waals surface area contributed by atoms with Gasteiger partial charge in [-0.15, -0.1) is 0 Å². The number of benzene rings is 1. The maximum absolute atomic E-state index is 12.9. The zero-order valence-electron chi connectivity index (χ0n) is 26.4. The van der Waals surface area contributed by atoms with Crippen LogP contribution in [0.25, 0.3) is 0 Å². The van der Waals surface area contributed by atoms with E-state index in [0.717, 1.165) is 62.5 Å². The van der Waals surface area contributed by atoms with Crippen molar-refractivity contribution in [3.05, 3.63) is 34.4 Å². The molecule has 1 aromatic carbocycles. The second kappa shape index (κ2) is 21.8. The molecule has 0 aliphatic heterocycles. The third-order valence-electron chi connectivity index (χ3n) is 7.38. The fourth-order valence-corrected chi connectivity index (χ4v) is 4.85. The summed E-state index contributed by atoms with van der Waals surface area (Å²) in [6.07, 6.45) is 17.2. The Kier molecular flexibility index (Phi) is 19.2. The van der Waals surface area contributed by atoms with Crippen LogP contribution in [0.15, 0.2) is 12.1 Å². The Hall–Kier alpha value is -2.90. The van der Waals surface area contributed by atoms with Crippen molar-refractivity contribution in [3.8, 4) is 0 Å². The quantitative estimate of drug-likeness (QED) is 0.0902. The van der Waals surface area contributed by atoms with Crippen molar-refractivity contribution in [2.75, 3.05) is 13.2 Å². The number of esters is 2. The predicted molar refractivity (Wildman–Crippen MR) is 164 cm³/mol. The smallest absolute Gasteiger partial charge is 0.339 e. The molecule has 238 valence electrons. The summed E-state index contributed by atoms with van der Waals surface area (Å²) in [5.74, 6) is -3.30. The Morgan fingerprint density at radius 1 is 0.500 bits per heavy atom. The van der Waals surface area contributed by atoms with Crippen LogP contribution in [0.1, 0.15) is 172 Å². The van der Waals surface area contributed by atoms with Crippen LogP contribution in [0.4, 0.5) is 0 Å². The van der Waals surface area contributed by atoms with Gasteiger partial charge in [-0.3, -0.25) is 0 Å². The molecule has 0 heterocycles. The monoisotopic (exact) mass is 590 g/mol. The molecule has 0 radical (unpaired) electrons. The number of unbranched alkanes of at least 4 members (excludes halogenated alkanes) is 12. The second-order valence-electron chi connectivity index (χ2n) is 12.1. The molecule has 0 bridgehead atoms. The minimum atomic E-state index is -1.51. The molecule has 0 amide bonds. The summed E-state index contributed by atoms with van der Waals surface area (Å²) < 4.78 is 10.7. The van der Waals surface area contributed by atoms with E-state index in [1.54, 1.807) is 0 Å². The third-order valence-corrected chi connectivity index (χ3v) is 7.38. The van der Waals surface area contributed by atoms with E-state index in [-0.39, 0.29) is 24.3 Å². The van der Waals surface area contributed by atoms with Crippen molar-refractivity contribution in [1.29, 1.82) is 0 Å². The maximum Gasteiger partial charge on any atom is 0.339 e. The fraction of sp³-hybridized carbons (Fsp3) is 0.706. The van der Waals surface area contributed by atoms with Crippen LogP contribution in [0.5, 0.6) is 0 Å². The van der Waals surface area contributed by atoms with Gasteiger partial charge >= 0.3 is 23.9 Å². The molecule has 0 aliphatic carbocycles. The molecular weight excluding hydrogens is 536 g/mol. The summed E-state index contributed by atoms with van der Waals surface area (Å²) >= 11 is 0. The molecule has 0 atom stereocenters. The topological polar surface area (TPSA) is 127 Å². The third kappa shape index (κ3) is 15.9. The average Bonchev–Trinajstić information content (AvgIpc) is 2.93. The highest BCUT2D eigenvalue weighted by Gasteiger charge is 2.27. The largest absolute Gasteiger partial charge is 0.478 e. The lowest BCUT2D eigenvalue weighted by molar-refractivity contribution is 0.0449. The molecule has 2 N–H and O–H groups in total. The molecule has 42 heavy (non-hydrogen) atoms. The van der Waals surface area contributed by atoms with E-state index in [9.17, 15) is 29.4 Å². The van der Waals surface area contributed by atoms with Gasteiger partial charge in [-0.05, 0) is 36.8 Å². The number of carboxylic acid groups (broad SMARTS) is 2. The average molecular weight is 591 g/mol. The van der Waals surface area contributed by atoms with E-state index >= 15 is 0 Å². The van der Waals surface area contributed by atoms with Crippen LogP contribution in [0.3, 0.4) is 0 Å². The zero-order chi connectivity index (χ0) is 31.3. The van der Waals surface area contributed by atoms with Gasteiger partial charge in [0.15, 0.2) is 0 Å². The van der Waals surface area contributed by atoms with E-state index in [4.69, 9.17) is 9.47 Å². The molecule has 1 rings (SSSR count). The number of carboxylic acids is 2. The first kappa shape index (κ1) is 37.1. The van der Waals surface area contributed by atoms with Gasteiger partial charge in [0.1, 0.15) is 0 Å². The summed E-state index contributed by atoms with van der Waals surface area (Å²) in [5, 5.41) is 19.0. The summed E-state index contributed by atoms with van der Waals surface area (Å²) in [7, 11) is 0. The van der Waals surface area contributed by atoms with Crippen molar-refractivity contribution in [1.82, 2.24) is 0 Å². The molecule has 8 heteroatoms. The Labute approximate surface area is 252 Å². The Morgan fingerprint density at radius 2 is 0.786 bits per heavy atom. The van der Waals surface area contributed by atoms with E-state index in [1.165, 1.54) is 51.4 Å². The second-order valence-corrected chi connectivity index (χ2v) is 12.1. The van der Waals surface area contributed by atoms with Gasteiger partial charge in [0.2, 0.25) is 0 Å². The van der Waals surface area contributed by atoms with E-state index in [0.29, 0.717) is 12.8 Å². The van der Waals surface area contributed by atoms with Crippen LogP contribution in [0.2, 0.25) is 0 Å². The number of hydrogen-bond acceptors (Lipinski definition) is 6. The van der Waals surface area contributed by atoms with E-state index < -0.39 is 35.0 Å². The number of carbonyl (C=O) groups excluding carboxylic acids is 2. The van der Waals surface area contributed by atoms with Crippen LogP contribution < -0.4 is 0 Å². The van der Waals surface area contributed by atoms with Gasteiger partial charge in [0.05, 0.1) is 35.5 Å². The molecule has 0 spiro atoms. The standard InChI is InChI=1S/C34H54O8/c1-25(2)19-15-11-7-5-9-13-17-21-41-33(39)29-23-27(31(35)36)28(32(37)38)24-30(29)34(40)42-22-18-14-10-6-8-12-16-20-26(3)4/h23-26H,5-22H2,1-4H3,(H,35,36)(H,37,38). The summed E-state index contributed by atoms with van der Waals surface area (Å²) in [5.41, 5.74) is -1.77. The lowest BCUT2D eigenvalue weighted by Gasteiger charge is -2.13. The van der Waals surface area contributed by atoms with Crippen LogP contribution in [0, 0.1) is 11.8 Å². The van der Waals surface area contributed by atoms with Gasteiger partial charge in [-0.25, -0.2) is 19.2 Å². The van der Waals surface area contributed by atoms with Crippen LogP contribution in [-0.2, 0) is 9.47 Å². The predicted octanol–water partition coefficient (Wildman–Crippen LogP) is 8.95. The summed E-state index contributed by atoms with van der Waals surface area (Å²) in [6.45, 7) is 9.18. The maximum atomic E-state index is 12.9. The van der Waals surface area contributed by atoms with Gasteiger partial charge in [0, 0.05) is 0 Å². The van der Waals surface area contributed by atoms with E-state index in [1.807, 2.05) is 0 Å². The first-order chi connectivity index (χ1) is 20.0. The lowest BCUT2D eigenvalue weighted by Crippen LogP contribution is -2.19. The summed E-state index contributed by atoms with van der Waals surface area (Å²) in [4.78, 5) is 49.1. The van der Waals surface area contributed by atoms with Gasteiger partial charge < -0.3 is 19.7 Å². The molecular formula is C34H54O8. The fourth-order valence-electron chi connectivity index (χ4n) is 4.85. The Morgan fingerprint density at radius 3 is 1.07 bits per heavy atom. The highest BCUT2D eigenvalue weighted by atomic mass is 16.5. The summed E-state index contributed by atoms with van der Waals surface area (Å²) in [6, 6.07) is 1.81. The first-order valence-corrected chi connectivity index (χ1v) is 16.0. The number of aromatic carboxylic acids is 2. The van der Waals surface area contributed by atoms with Gasteiger partial charge in [-0.2, -0.15) is 0 Å². The normalized spacial score (nSPS) is 11.2. The lowest BCUT2D eigenvalue weighted by atomic mass is 9.98. The highest BCUT2D eigenvalue weighted by Crippen LogP contribution is 2.21. The van der Waals surface area contributed by atoms with Gasteiger partial charge in [0.25, 0.3) is 0 Å². The molecule has 0 fully saturated rings. The van der Waals surface area contributed by atoms with Crippen LogP contribution in [-0.4, -0.2) is 47.3 Å². The van der Waals surface area contributed by atoms with Crippen molar-refractivity contribution < 1.29 is 38.9 Å². The molecule has 0 saturated heterocycles. The van der Waals surface area contributed by atoms with Crippen molar-refractivity contribution in [2.45, 2.75) is 130 Å². The number of ether oxygens (including phenoxy) is 2. The van der Waals surface area contributed by atoms with Crippen molar-refractivity contribution in [3.63, 3.8) is 0 Å². The molecule has 0 saturated carbocycles. The zero-order valence-corrected chi connectivity index (χ0v) is 26.4. The van der Waals surface area contributed by atoms with Gasteiger partial charge in [-0.1, -0.05) is 118 Å². The first-order valence-electron chi connectivity index (χ1n) is 16.0. The molecule has 0 unspecified atom stereocenters. The molecule has 1 aromatic rings. The minimum absolute atomic E-state index is 0.126. The Balaban J connectivity index is 2.62. The molecule has 8 nitrogen and oxygen atoms in total. The molecule has 0 aliphatic rings.